The zero-order valence-corrected chi connectivity index (χ0v) is 30.3. The van der Waals surface area contributed by atoms with Gasteiger partial charge in [-0.3, -0.25) is 28.8 Å². The zero-order chi connectivity index (χ0) is 37.9. The number of carbonyl (C=O) groups is 7. The van der Waals surface area contributed by atoms with Crippen LogP contribution in [0.25, 0.3) is 0 Å². The maximum Gasteiger partial charge on any atom is 0.349 e. The minimum absolute atomic E-state index is 0.0865. The number of hydrogen-bond donors (Lipinski definition) is 2. The van der Waals surface area contributed by atoms with Gasteiger partial charge in [0.25, 0.3) is 11.8 Å². The fourth-order valence-corrected chi connectivity index (χ4v) is 6.67. The molecule has 1 heterocycles. The van der Waals surface area contributed by atoms with E-state index >= 15 is 0 Å². The van der Waals surface area contributed by atoms with Crippen molar-refractivity contribution in [1.29, 1.82) is 0 Å². The van der Waals surface area contributed by atoms with Gasteiger partial charge in [-0.1, -0.05) is 53.2 Å². The topological polar surface area (TPSA) is 199 Å². The summed E-state index contributed by atoms with van der Waals surface area (Å²) >= 11 is 7.10. The van der Waals surface area contributed by atoms with Gasteiger partial charge in [-0.15, -0.1) is 0 Å². The molecule has 0 spiro atoms. The van der Waals surface area contributed by atoms with E-state index in [9.17, 15) is 33.6 Å². The molecule has 1 aliphatic heterocycles. The number of aryl methyl sites for hydroxylation is 1. The van der Waals surface area contributed by atoms with Gasteiger partial charge in [0, 0.05) is 39.0 Å². The summed E-state index contributed by atoms with van der Waals surface area (Å²) in [6.45, 7) is 4.92. The van der Waals surface area contributed by atoms with Crippen molar-refractivity contribution in [2.75, 3.05) is 20.3 Å². The Morgan fingerprint density at radius 1 is 0.922 bits per heavy atom. The lowest BCUT2D eigenvalue weighted by Crippen LogP contribution is -2.68. The van der Waals surface area contributed by atoms with Crippen molar-refractivity contribution in [2.24, 2.45) is 0 Å². The van der Waals surface area contributed by atoms with Gasteiger partial charge in [0.05, 0.1) is 30.3 Å². The first-order chi connectivity index (χ1) is 24.0. The van der Waals surface area contributed by atoms with Gasteiger partial charge in [-0.25, -0.2) is 4.79 Å². The average Bonchev–Trinajstić information content (AvgIpc) is 3.06. The van der Waals surface area contributed by atoms with Crippen molar-refractivity contribution >= 4 is 65.0 Å². The molecule has 0 aliphatic carbocycles. The normalized spacial score (nSPS) is 20.8. The van der Waals surface area contributed by atoms with Crippen molar-refractivity contribution in [3.8, 4) is 0 Å². The molecule has 276 valence electrons. The molecule has 1 fully saturated rings. The molecular weight excluding hydrogens is 712 g/mol. The number of rotatable bonds is 14. The number of thioether (sulfide) groups is 1. The highest BCUT2D eigenvalue weighted by Gasteiger charge is 2.59. The Hall–Kier alpha value is -4.67. The second-order valence-corrected chi connectivity index (χ2v) is 13.1. The number of nitrogens with one attached hydrogen (secondary N) is 2. The summed E-state index contributed by atoms with van der Waals surface area (Å²) in [6.07, 6.45) is -6.68. The number of benzene rings is 2. The maximum atomic E-state index is 13.7. The number of amides is 2. The number of carbonyl (C=O) groups excluding carboxylic acids is 7. The fraction of sp³-hybridized carbons (Fsp3) is 0.441. The van der Waals surface area contributed by atoms with Crippen LogP contribution in [0.1, 0.15) is 50.0 Å². The molecule has 0 radical (unpaired) electrons. The molecule has 1 saturated heterocycles. The van der Waals surface area contributed by atoms with Crippen LogP contribution in [0.5, 0.6) is 0 Å². The molecule has 0 saturated carbocycles. The van der Waals surface area contributed by atoms with E-state index in [1.807, 2.05) is 6.92 Å². The fourth-order valence-electron chi connectivity index (χ4n) is 5.22. The first-order valence-corrected chi connectivity index (χ1v) is 16.7. The Morgan fingerprint density at radius 3 is 2.14 bits per heavy atom. The minimum atomic E-state index is -2.02. The van der Waals surface area contributed by atoms with Gasteiger partial charge in [-0.2, -0.15) is 0 Å². The highest BCUT2D eigenvalue weighted by Crippen LogP contribution is 2.46. The predicted molar refractivity (Wildman–Crippen MR) is 180 cm³/mol. The van der Waals surface area contributed by atoms with E-state index in [1.165, 1.54) is 12.1 Å². The number of esters is 5. The summed E-state index contributed by atoms with van der Waals surface area (Å²) < 4.78 is 33.4. The monoisotopic (exact) mass is 750 g/mol. The molecule has 0 unspecified atom stereocenters. The molecule has 1 aliphatic rings. The molecule has 0 aromatic heterocycles. The molecule has 2 aromatic rings. The quantitative estimate of drug-likeness (QED) is 0.211. The van der Waals surface area contributed by atoms with Crippen LogP contribution in [0.2, 0.25) is 5.02 Å². The van der Waals surface area contributed by atoms with Gasteiger partial charge in [0.1, 0.15) is 12.2 Å². The summed E-state index contributed by atoms with van der Waals surface area (Å²) in [6, 6.07) is 11.7. The highest BCUT2D eigenvalue weighted by molar-refractivity contribution is 8.01. The smallest absolute Gasteiger partial charge is 0.349 e. The Morgan fingerprint density at radius 2 is 1.57 bits per heavy atom. The van der Waals surface area contributed by atoms with Crippen molar-refractivity contribution in [3.63, 3.8) is 0 Å². The maximum absolute atomic E-state index is 13.7. The standard InChI is InChI=1S/C34H39ClN2O13S/c1-18-11-13-23(14-12-18)51-34(33(44)45-6)15-26(47-20(3)39)29(37-28(42)17-46-19(2)38)31(50-34)30(49-22(5)41)27(48-21(4)40)16-36-32(43)24-9-7-8-10-25(24)35/h7-14,26-27,29-31H,15-17H2,1-6H3,(H,36,43)(H,37,42)/t26-,27+,29+,30+,31+,34+/m0/s1. The molecule has 2 N–H and O–H groups in total. The Labute approximate surface area is 303 Å². The van der Waals surface area contributed by atoms with Crippen LogP contribution in [0.3, 0.4) is 0 Å². The van der Waals surface area contributed by atoms with Crippen LogP contribution in [-0.2, 0) is 57.2 Å². The lowest BCUT2D eigenvalue weighted by atomic mass is 9.89. The summed E-state index contributed by atoms with van der Waals surface area (Å²) in [5, 5.41) is 5.31. The molecule has 3 rings (SSSR count). The summed E-state index contributed by atoms with van der Waals surface area (Å²) in [5.74, 6) is -5.83. The van der Waals surface area contributed by atoms with E-state index in [0.717, 1.165) is 52.1 Å². The molecule has 15 nitrogen and oxygen atoms in total. The van der Waals surface area contributed by atoms with Crippen molar-refractivity contribution in [1.82, 2.24) is 10.6 Å². The van der Waals surface area contributed by atoms with Crippen LogP contribution in [-0.4, -0.2) is 97.3 Å². The zero-order valence-electron chi connectivity index (χ0n) is 28.7. The van der Waals surface area contributed by atoms with Crippen molar-refractivity contribution in [2.45, 2.75) is 81.3 Å². The molecule has 51 heavy (non-hydrogen) atoms. The van der Waals surface area contributed by atoms with Gasteiger partial charge < -0.3 is 39.1 Å². The molecular formula is C34H39ClN2O13S. The highest BCUT2D eigenvalue weighted by atomic mass is 35.5. The molecule has 0 bridgehead atoms. The number of ether oxygens (including phenoxy) is 6. The molecule has 6 atom stereocenters. The van der Waals surface area contributed by atoms with Crippen LogP contribution < -0.4 is 10.6 Å². The van der Waals surface area contributed by atoms with E-state index in [0.29, 0.717) is 4.90 Å². The molecule has 17 heteroatoms. The van der Waals surface area contributed by atoms with E-state index in [1.54, 1.807) is 36.4 Å². The van der Waals surface area contributed by atoms with Crippen LogP contribution in [0.4, 0.5) is 0 Å². The SMILES string of the molecule is COC(=O)[C@]1(Sc2ccc(C)cc2)C[C@H](OC(C)=O)[C@@H](NC(=O)COC(C)=O)[C@H]([C@H](OC(C)=O)[C@@H](CNC(=O)c2ccccc2Cl)OC(C)=O)O1. The first-order valence-electron chi connectivity index (χ1n) is 15.5. The van der Waals surface area contributed by atoms with Crippen LogP contribution in [0, 0.1) is 6.92 Å². The second kappa shape index (κ2) is 18.5. The Balaban J connectivity index is 2.21. The molecule has 2 amide bonds. The summed E-state index contributed by atoms with van der Waals surface area (Å²) in [5.41, 5.74) is 1.00. The number of halogens is 1. The Kier molecular flexibility index (Phi) is 14.8. The van der Waals surface area contributed by atoms with Gasteiger partial charge in [0.15, 0.2) is 18.8 Å². The largest absolute Gasteiger partial charge is 0.466 e. The summed E-state index contributed by atoms with van der Waals surface area (Å²) in [4.78, 5) is 87.6. The minimum Gasteiger partial charge on any atom is -0.466 e. The third-order valence-corrected chi connectivity index (χ3v) is 8.89. The lowest BCUT2D eigenvalue weighted by Gasteiger charge is -2.48. The Bertz CT molecular complexity index is 1620. The van der Waals surface area contributed by atoms with Gasteiger partial charge in [-0.05, 0) is 31.2 Å². The third kappa shape index (κ3) is 11.7. The number of methoxy groups -OCH3 is 1. The van der Waals surface area contributed by atoms with Crippen LogP contribution in [0.15, 0.2) is 53.4 Å². The molecule has 2 aromatic carbocycles. The lowest BCUT2D eigenvalue weighted by molar-refractivity contribution is -0.220. The van der Waals surface area contributed by atoms with Crippen LogP contribution >= 0.6 is 23.4 Å². The van der Waals surface area contributed by atoms with Gasteiger partial charge >= 0.3 is 29.8 Å². The van der Waals surface area contributed by atoms with E-state index in [2.05, 4.69) is 10.6 Å². The summed E-state index contributed by atoms with van der Waals surface area (Å²) in [7, 11) is 1.11. The first kappa shape index (κ1) is 40.8. The van der Waals surface area contributed by atoms with E-state index in [-0.39, 0.29) is 10.6 Å². The van der Waals surface area contributed by atoms with Gasteiger partial charge in [0.2, 0.25) is 4.93 Å². The average molecular weight is 751 g/mol. The second-order valence-electron chi connectivity index (χ2n) is 11.4. The number of hydrogen-bond acceptors (Lipinski definition) is 14. The predicted octanol–water partition coefficient (Wildman–Crippen LogP) is 2.67. The van der Waals surface area contributed by atoms with E-state index < -0.39 is 96.6 Å². The van der Waals surface area contributed by atoms with Crippen molar-refractivity contribution in [3.05, 3.63) is 64.7 Å². The van der Waals surface area contributed by atoms with Crippen molar-refractivity contribution < 1.29 is 62.0 Å². The third-order valence-electron chi connectivity index (χ3n) is 7.29. The van der Waals surface area contributed by atoms with E-state index in [4.69, 9.17) is 40.0 Å².